The van der Waals surface area contributed by atoms with Crippen molar-refractivity contribution in [2.45, 2.75) is 29.1 Å². The summed E-state index contributed by atoms with van der Waals surface area (Å²) < 4.78 is 53.0. The number of nitrogens with one attached hydrogen (secondary N) is 1. The van der Waals surface area contributed by atoms with Crippen molar-refractivity contribution in [2.24, 2.45) is 0 Å². The van der Waals surface area contributed by atoms with Gasteiger partial charge in [0.25, 0.3) is 10.0 Å². The summed E-state index contributed by atoms with van der Waals surface area (Å²) in [6.45, 7) is 2.04. The Labute approximate surface area is 167 Å². The van der Waals surface area contributed by atoms with E-state index < -0.39 is 20.0 Å². The van der Waals surface area contributed by atoms with Gasteiger partial charge >= 0.3 is 0 Å². The molecule has 1 N–H and O–H groups in total. The highest BCUT2D eigenvalue weighted by molar-refractivity contribution is 7.92. The molecule has 152 valence electrons. The number of anilines is 2. The van der Waals surface area contributed by atoms with Crippen molar-refractivity contribution in [3.05, 3.63) is 48.5 Å². The Morgan fingerprint density at radius 3 is 1.86 bits per heavy atom. The first-order chi connectivity index (χ1) is 13.2. The summed E-state index contributed by atoms with van der Waals surface area (Å²) in [5, 5.41) is 0. The third-order valence-electron chi connectivity index (χ3n) is 4.75. The van der Waals surface area contributed by atoms with Crippen molar-refractivity contribution >= 4 is 31.4 Å². The topological polar surface area (TPSA) is 86.8 Å². The number of benzene rings is 2. The third-order valence-corrected chi connectivity index (χ3v) is 7.98. The Morgan fingerprint density at radius 2 is 1.32 bits per heavy atom. The molecule has 1 aliphatic heterocycles. The molecule has 0 unspecified atom stereocenters. The van der Waals surface area contributed by atoms with Crippen LogP contribution in [-0.4, -0.2) is 48.3 Å². The first-order valence-corrected chi connectivity index (χ1v) is 12.0. The van der Waals surface area contributed by atoms with Crippen LogP contribution in [0.2, 0.25) is 0 Å². The van der Waals surface area contributed by atoms with Crippen molar-refractivity contribution in [3.63, 3.8) is 0 Å². The molecule has 0 amide bonds. The number of sulfonamides is 2. The SMILES string of the molecule is CN(C)S(=O)(=O)c1ccc(S(=O)(=O)Nc2ccc(N3CCCCC3)cc2)cc1. The van der Waals surface area contributed by atoms with Gasteiger partial charge in [-0.25, -0.2) is 21.1 Å². The minimum absolute atomic E-state index is 0.00492. The van der Waals surface area contributed by atoms with Gasteiger partial charge in [0, 0.05) is 38.6 Å². The second kappa shape index (κ2) is 8.10. The normalized spacial score (nSPS) is 15.6. The van der Waals surface area contributed by atoms with Gasteiger partial charge in [-0.15, -0.1) is 0 Å². The summed E-state index contributed by atoms with van der Waals surface area (Å²) in [6, 6.07) is 12.5. The van der Waals surface area contributed by atoms with Gasteiger partial charge in [-0.2, -0.15) is 0 Å². The lowest BCUT2D eigenvalue weighted by Gasteiger charge is -2.28. The lowest BCUT2D eigenvalue weighted by Crippen LogP contribution is -2.29. The molecule has 28 heavy (non-hydrogen) atoms. The maximum atomic E-state index is 12.6. The molecule has 1 fully saturated rings. The average Bonchev–Trinajstić information content (AvgIpc) is 2.69. The number of piperidine rings is 1. The highest BCUT2D eigenvalue weighted by atomic mass is 32.2. The molecule has 0 bridgehead atoms. The quantitative estimate of drug-likeness (QED) is 0.772. The Bertz CT molecular complexity index is 1010. The minimum atomic E-state index is -3.81. The zero-order valence-electron chi connectivity index (χ0n) is 16.0. The zero-order valence-corrected chi connectivity index (χ0v) is 17.6. The van der Waals surface area contributed by atoms with Gasteiger partial charge in [0.1, 0.15) is 0 Å². The van der Waals surface area contributed by atoms with Crippen LogP contribution in [0.3, 0.4) is 0 Å². The lowest BCUT2D eigenvalue weighted by atomic mass is 10.1. The first kappa shape index (κ1) is 20.6. The van der Waals surface area contributed by atoms with Crippen LogP contribution in [0, 0.1) is 0 Å². The summed E-state index contributed by atoms with van der Waals surface area (Å²) in [7, 11) is -4.55. The maximum absolute atomic E-state index is 12.6. The largest absolute Gasteiger partial charge is 0.372 e. The Balaban J connectivity index is 1.74. The second-order valence-corrected chi connectivity index (χ2v) is 10.8. The van der Waals surface area contributed by atoms with Crippen LogP contribution >= 0.6 is 0 Å². The fourth-order valence-electron chi connectivity index (χ4n) is 3.11. The first-order valence-electron chi connectivity index (χ1n) is 9.10. The molecule has 0 aliphatic carbocycles. The molecule has 3 rings (SSSR count). The van der Waals surface area contributed by atoms with E-state index in [1.54, 1.807) is 12.1 Å². The van der Waals surface area contributed by atoms with Crippen LogP contribution in [0.15, 0.2) is 58.3 Å². The summed E-state index contributed by atoms with van der Waals surface area (Å²) in [5.74, 6) is 0. The molecule has 9 heteroatoms. The van der Waals surface area contributed by atoms with E-state index in [0.29, 0.717) is 5.69 Å². The molecular weight excluding hydrogens is 398 g/mol. The highest BCUT2D eigenvalue weighted by Crippen LogP contribution is 2.24. The number of nitrogens with zero attached hydrogens (tertiary/aromatic N) is 2. The fraction of sp³-hybridized carbons (Fsp3) is 0.368. The van der Waals surface area contributed by atoms with Crippen LogP contribution in [0.25, 0.3) is 0 Å². The van der Waals surface area contributed by atoms with E-state index in [2.05, 4.69) is 9.62 Å². The standard InChI is InChI=1S/C19H25N3O4S2/c1-21(2)28(25,26)19-12-10-18(11-13-19)27(23,24)20-16-6-8-17(9-7-16)22-14-4-3-5-15-22/h6-13,20H,3-5,14-15H2,1-2H3. The van der Waals surface area contributed by atoms with Crippen LogP contribution in [0.1, 0.15) is 19.3 Å². The number of hydrogen-bond acceptors (Lipinski definition) is 5. The maximum Gasteiger partial charge on any atom is 0.261 e. The van der Waals surface area contributed by atoms with E-state index in [1.165, 1.54) is 57.6 Å². The van der Waals surface area contributed by atoms with Gasteiger partial charge in [-0.1, -0.05) is 0 Å². The molecule has 1 aliphatic rings. The van der Waals surface area contributed by atoms with Crippen LogP contribution in [-0.2, 0) is 20.0 Å². The molecule has 0 atom stereocenters. The Morgan fingerprint density at radius 1 is 0.786 bits per heavy atom. The molecule has 7 nitrogen and oxygen atoms in total. The minimum Gasteiger partial charge on any atom is -0.372 e. The van der Waals surface area contributed by atoms with Gasteiger partial charge in [-0.05, 0) is 67.8 Å². The summed E-state index contributed by atoms with van der Waals surface area (Å²) in [6.07, 6.45) is 3.60. The number of rotatable bonds is 6. The van der Waals surface area contributed by atoms with E-state index in [0.717, 1.165) is 23.1 Å². The predicted octanol–water partition coefficient (Wildman–Crippen LogP) is 2.73. The molecule has 2 aromatic carbocycles. The van der Waals surface area contributed by atoms with Crippen LogP contribution < -0.4 is 9.62 Å². The van der Waals surface area contributed by atoms with E-state index >= 15 is 0 Å². The zero-order chi connectivity index (χ0) is 20.4. The van der Waals surface area contributed by atoms with Gasteiger partial charge < -0.3 is 4.90 Å². The average molecular weight is 424 g/mol. The third kappa shape index (κ3) is 4.48. The molecule has 2 aromatic rings. The van der Waals surface area contributed by atoms with Gasteiger partial charge in [-0.3, -0.25) is 4.72 Å². The van der Waals surface area contributed by atoms with Crippen LogP contribution in [0.5, 0.6) is 0 Å². The van der Waals surface area contributed by atoms with Crippen molar-refractivity contribution in [2.75, 3.05) is 36.8 Å². The molecule has 1 heterocycles. The van der Waals surface area contributed by atoms with E-state index in [9.17, 15) is 16.8 Å². The van der Waals surface area contributed by atoms with Crippen LogP contribution in [0.4, 0.5) is 11.4 Å². The predicted molar refractivity (Wildman–Crippen MR) is 111 cm³/mol. The monoisotopic (exact) mass is 423 g/mol. The lowest BCUT2D eigenvalue weighted by molar-refractivity contribution is 0.520. The van der Waals surface area contributed by atoms with Gasteiger partial charge in [0.05, 0.1) is 9.79 Å². The van der Waals surface area contributed by atoms with E-state index in [4.69, 9.17) is 0 Å². The highest BCUT2D eigenvalue weighted by Gasteiger charge is 2.20. The number of hydrogen-bond donors (Lipinski definition) is 1. The molecule has 0 spiro atoms. The molecule has 1 saturated heterocycles. The van der Waals surface area contributed by atoms with E-state index in [-0.39, 0.29) is 9.79 Å². The summed E-state index contributed by atoms with van der Waals surface area (Å²) in [5.41, 5.74) is 1.55. The van der Waals surface area contributed by atoms with Gasteiger partial charge in [0.15, 0.2) is 0 Å². The molecule has 0 saturated carbocycles. The fourth-order valence-corrected chi connectivity index (χ4v) is 5.07. The molecule has 0 radical (unpaired) electrons. The van der Waals surface area contributed by atoms with Crippen molar-refractivity contribution in [1.29, 1.82) is 0 Å². The Kier molecular flexibility index (Phi) is 5.97. The smallest absolute Gasteiger partial charge is 0.261 e. The van der Waals surface area contributed by atoms with Gasteiger partial charge in [0.2, 0.25) is 10.0 Å². The Hall–Kier alpha value is -2.10. The van der Waals surface area contributed by atoms with Crippen molar-refractivity contribution in [3.8, 4) is 0 Å². The summed E-state index contributed by atoms with van der Waals surface area (Å²) in [4.78, 5) is 2.35. The summed E-state index contributed by atoms with van der Waals surface area (Å²) >= 11 is 0. The molecular formula is C19H25N3O4S2. The second-order valence-electron chi connectivity index (χ2n) is 6.96. The molecule has 0 aromatic heterocycles. The van der Waals surface area contributed by atoms with E-state index in [1.807, 2.05) is 12.1 Å². The van der Waals surface area contributed by atoms with Crippen molar-refractivity contribution in [1.82, 2.24) is 4.31 Å². The van der Waals surface area contributed by atoms with Crippen molar-refractivity contribution < 1.29 is 16.8 Å².